The monoisotopic (exact) mass is 328 g/mol. The standard InChI is InChI=1S/C13H20N4O4S/c1-9-14-13(16-21-9)11-3-2-5-17(11)7-12(18)15-10-4-6-22(19,20)8-10/h10-11H,2-8H2,1H3,(H,15,18)/t10-,11-/m1/s1. The summed E-state index contributed by atoms with van der Waals surface area (Å²) < 4.78 is 27.8. The Morgan fingerprint density at radius 1 is 1.45 bits per heavy atom. The summed E-state index contributed by atoms with van der Waals surface area (Å²) in [6.45, 7) is 2.77. The molecule has 2 aliphatic rings. The fourth-order valence-electron chi connectivity index (χ4n) is 3.12. The lowest BCUT2D eigenvalue weighted by Gasteiger charge is -2.22. The summed E-state index contributed by atoms with van der Waals surface area (Å²) in [5, 5.41) is 6.75. The second-order valence-corrected chi connectivity index (χ2v) is 8.20. The summed E-state index contributed by atoms with van der Waals surface area (Å²) >= 11 is 0. The van der Waals surface area contributed by atoms with Crippen LogP contribution in [0, 0.1) is 6.92 Å². The lowest BCUT2D eigenvalue weighted by Crippen LogP contribution is -2.42. The van der Waals surface area contributed by atoms with Crippen molar-refractivity contribution in [1.29, 1.82) is 0 Å². The van der Waals surface area contributed by atoms with E-state index in [1.165, 1.54) is 0 Å². The molecule has 2 aliphatic heterocycles. The van der Waals surface area contributed by atoms with Gasteiger partial charge in [-0.3, -0.25) is 9.69 Å². The molecule has 3 heterocycles. The topological polar surface area (TPSA) is 105 Å². The van der Waals surface area contributed by atoms with E-state index in [2.05, 4.69) is 15.5 Å². The van der Waals surface area contributed by atoms with E-state index in [9.17, 15) is 13.2 Å². The number of hydrogen-bond acceptors (Lipinski definition) is 7. The van der Waals surface area contributed by atoms with Gasteiger partial charge in [0.05, 0.1) is 24.1 Å². The number of likely N-dealkylation sites (tertiary alicyclic amines) is 1. The van der Waals surface area contributed by atoms with Crippen molar-refractivity contribution in [3.63, 3.8) is 0 Å². The van der Waals surface area contributed by atoms with Gasteiger partial charge in [-0.15, -0.1) is 0 Å². The van der Waals surface area contributed by atoms with E-state index in [4.69, 9.17) is 4.52 Å². The molecule has 9 heteroatoms. The number of aromatic nitrogens is 2. The van der Waals surface area contributed by atoms with Crippen LogP contribution in [-0.4, -0.2) is 60.0 Å². The van der Waals surface area contributed by atoms with E-state index >= 15 is 0 Å². The van der Waals surface area contributed by atoms with Crippen LogP contribution in [-0.2, 0) is 14.6 Å². The molecule has 0 aliphatic carbocycles. The Kier molecular flexibility index (Phi) is 4.18. The Labute approximate surface area is 129 Å². The maximum atomic E-state index is 12.1. The molecule has 1 N–H and O–H groups in total. The molecule has 1 aromatic heterocycles. The number of amides is 1. The summed E-state index contributed by atoms with van der Waals surface area (Å²) in [7, 11) is -2.98. The second kappa shape index (κ2) is 5.96. The molecule has 0 unspecified atom stereocenters. The van der Waals surface area contributed by atoms with Crippen LogP contribution in [0.4, 0.5) is 0 Å². The largest absolute Gasteiger partial charge is 0.351 e. The number of rotatable bonds is 4. The minimum absolute atomic E-state index is 0.00416. The molecule has 0 saturated carbocycles. The lowest BCUT2D eigenvalue weighted by atomic mass is 10.2. The molecule has 3 rings (SSSR count). The van der Waals surface area contributed by atoms with Gasteiger partial charge in [-0.2, -0.15) is 4.98 Å². The maximum absolute atomic E-state index is 12.1. The number of carbonyl (C=O) groups excluding carboxylic acids is 1. The van der Waals surface area contributed by atoms with Gasteiger partial charge in [0.2, 0.25) is 11.8 Å². The van der Waals surface area contributed by atoms with Crippen molar-refractivity contribution in [3.05, 3.63) is 11.7 Å². The zero-order valence-corrected chi connectivity index (χ0v) is 13.3. The van der Waals surface area contributed by atoms with Gasteiger partial charge in [0.1, 0.15) is 0 Å². The van der Waals surface area contributed by atoms with Crippen LogP contribution >= 0.6 is 0 Å². The maximum Gasteiger partial charge on any atom is 0.234 e. The van der Waals surface area contributed by atoms with Gasteiger partial charge in [0.25, 0.3) is 0 Å². The quantitative estimate of drug-likeness (QED) is 0.817. The smallest absolute Gasteiger partial charge is 0.234 e. The van der Waals surface area contributed by atoms with E-state index in [0.717, 1.165) is 19.4 Å². The first kappa shape index (κ1) is 15.4. The van der Waals surface area contributed by atoms with Crippen LogP contribution < -0.4 is 5.32 Å². The van der Waals surface area contributed by atoms with E-state index in [1.807, 2.05) is 4.90 Å². The summed E-state index contributed by atoms with van der Waals surface area (Å²) in [6.07, 6.45) is 2.37. The highest BCUT2D eigenvalue weighted by Gasteiger charge is 2.33. The predicted octanol–water partition coefficient (Wildman–Crippen LogP) is -0.182. The van der Waals surface area contributed by atoms with Gasteiger partial charge < -0.3 is 9.84 Å². The lowest BCUT2D eigenvalue weighted by molar-refractivity contribution is -0.123. The van der Waals surface area contributed by atoms with E-state index in [0.29, 0.717) is 18.1 Å². The zero-order chi connectivity index (χ0) is 15.7. The van der Waals surface area contributed by atoms with Gasteiger partial charge >= 0.3 is 0 Å². The number of hydrogen-bond donors (Lipinski definition) is 1. The molecule has 0 radical (unpaired) electrons. The molecule has 0 aromatic carbocycles. The molecule has 8 nitrogen and oxygen atoms in total. The van der Waals surface area contributed by atoms with Gasteiger partial charge in [0.15, 0.2) is 15.7 Å². The highest BCUT2D eigenvalue weighted by molar-refractivity contribution is 7.91. The third-order valence-corrected chi connectivity index (χ3v) is 5.92. The van der Waals surface area contributed by atoms with Crippen LogP contribution in [0.15, 0.2) is 4.52 Å². The van der Waals surface area contributed by atoms with Crippen LogP contribution in [0.3, 0.4) is 0 Å². The van der Waals surface area contributed by atoms with E-state index in [1.54, 1.807) is 6.92 Å². The molecular weight excluding hydrogens is 308 g/mol. The molecule has 2 fully saturated rings. The van der Waals surface area contributed by atoms with Crippen LogP contribution in [0.25, 0.3) is 0 Å². The highest BCUT2D eigenvalue weighted by atomic mass is 32.2. The number of sulfone groups is 1. The molecule has 1 aromatic rings. The summed E-state index contributed by atoms with van der Waals surface area (Å²) in [6, 6.07) is -0.263. The zero-order valence-electron chi connectivity index (χ0n) is 12.5. The van der Waals surface area contributed by atoms with Gasteiger partial charge in [-0.25, -0.2) is 8.42 Å². The fraction of sp³-hybridized carbons (Fsp3) is 0.769. The summed E-state index contributed by atoms with van der Waals surface area (Å²) in [5.41, 5.74) is 0. The van der Waals surface area contributed by atoms with Crippen molar-refractivity contribution < 1.29 is 17.7 Å². The number of nitrogens with zero attached hydrogens (tertiary/aromatic N) is 3. The number of carbonyl (C=O) groups is 1. The molecule has 2 saturated heterocycles. The van der Waals surface area contributed by atoms with E-state index < -0.39 is 9.84 Å². The molecule has 0 spiro atoms. The summed E-state index contributed by atoms with van der Waals surface area (Å²) in [5.74, 6) is 1.20. The van der Waals surface area contributed by atoms with Crippen molar-refractivity contribution in [2.45, 2.75) is 38.3 Å². The average molecular weight is 328 g/mol. The Balaban J connectivity index is 1.56. The highest BCUT2D eigenvalue weighted by Crippen LogP contribution is 2.29. The van der Waals surface area contributed by atoms with Crippen molar-refractivity contribution >= 4 is 15.7 Å². The first-order valence-electron chi connectivity index (χ1n) is 7.47. The number of aryl methyl sites for hydroxylation is 1. The Bertz CT molecular complexity index is 657. The number of nitrogens with one attached hydrogen (secondary N) is 1. The SMILES string of the molecule is Cc1nc([C@H]2CCCN2CC(=O)N[C@@H]2CCS(=O)(=O)C2)no1. The van der Waals surface area contributed by atoms with Crippen LogP contribution in [0.1, 0.15) is 37.0 Å². The molecule has 122 valence electrons. The minimum Gasteiger partial charge on any atom is -0.351 e. The Hall–Kier alpha value is -1.48. The predicted molar refractivity (Wildman–Crippen MR) is 77.8 cm³/mol. The Morgan fingerprint density at radius 2 is 2.27 bits per heavy atom. The fourth-order valence-corrected chi connectivity index (χ4v) is 4.80. The Morgan fingerprint density at radius 3 is 2.91 bits per heavy atom. The van der Waals surface area contributed by atoms with Crippen LogP contribution in [0.5, 0.6) is 0 Å². The molecule has 22 heavy (non-hydrogen) atoms. The summed E-state index contributed by atoms with van der Waals surface area (Å²) in [4.78, 5) is 18.4. The van der Waals surface area contributed by atoms with Crippen LogP contribution in [0.2, 0.25) is 0 Å². The van der Waals surface area contributed by atoms with Crippen molar-refractivity contribution in [1.82, 2.24) is 20.4 Å². The first-order valence-corrected chi connectivity index (χ1v) is 9.29. The van der Waals surface area contributed by atoms with Gasteiger partial charge in [-0.05, 0) is 25.8 Å². The molecular formula is C13H20N4O4S. The van der Waals surface area contributed by atoms with Gasteiger partial charge in [-0.1, -0.05) is 5.16 Å². The molecule has 2 atom stereocenters. The first-order chi connectivity index (χ1) is 10.4. The van der Waals surface area contributed by atoms with E-state index in [-0.39, 0.29) is 36.0 Å². The van der Waals surface area contributed by atoms with Crippen molar-refractivity contribution in [2.75, 3.05) is 24.6 Å². The third-order valence-electron chi connectivity index (χ3n) is 4.15. The minimum atomic E-state index is -2.98. The third kappa shape index (κ3) is 3.46. The van der Waals surface area contributed by atoms with Crippen molar-refractivity contribution in [3.8, 4) is 0 Å². The van der Waals surface area contributed by atoms with Gasteiger partial charge in [0, 0.05) is 13.0 Å². The molecule has 1 amide bonds. The average Bonchev–Trinajstić information content (AvgIpc) is 3.11. The molecule has 0 bridgehead atoms. The normalized spacial score (nSPS) is 28.0. The second-order valence-electron chi connectivity index (χ2n) is 5.97. The van der Waals surface area contributed by atoms with Crippen molar-refractivity contribution in [2.24, 2.45) is 0 Å².